The Balaban J connectivity index is 2.25. The van der Waals surface area contributed by atoms with Gasteiger partial charge in [-0.2, -0.15) is 5.26 Å². The molecule has 2 rings (SSSR count). The molecule has 0 spiro atoms. The summed E-state index contributed by atoms with van der Waals surface area (Å²) in [6.45, 7) is 1.85. The molecule has 0 saturated heterocycles. The zero-order valence-corrected chi connectivity index (χ0v) is 11.3. The number of nitrogens with zero attached hydrogens (tertiary/aromatic N) is 1. The molecule has 2 aromatic rings. The van der Waals surface area contributed by atoms with Crippen molar-refractivity contribution in [3.05, 3.63) is 53.5 Å². The highest BCUT2D eigenvalue weighted by Crippen LogP contribution is 2.23. The number of hydrogen-bond donors (Lipinski definition) is 0. The van der Waals surface area contributed by atoms with Crippen molar-refractivity contribution in [2.45, 2.75) is 6.92 Å². The Morgan fingerprint density at radius 2 is 2.05 bits per heavy atom. The predicted molar refractivity (Wildman–Crippen MR) is 74.3 cm³/mol. The smallest absolute Gasteiger partial charge is 0.349 e. The van der Waals surface area contributed by atoms with Crippen LogP contribution in [0, 0.1) is 17.1 Å². The Morgan fingerprint density at radius 3 is 2.67 bits per heavy atom. The minimum atomic E-state index is -0.695. The van der Waals surface area contributed by atoms with Crippen LogP contribution in [0.1, 0.15) is 12.7 Å². The summed E-state index contributed by atoms with van der Waals surface area (Å²) in [5, 5.41) is 8.94. The third-order valence-electron chi connectivity index (χ3n) is 2.66. The lowest BCUT2D eigenvalue weighted by molar-refractivity contribution is -0.137. The molecule has 0 fully saturated rings. The van der Waals surface area contributed by atoms with Crippen LogP contribution in [0.15, 0.2) is 46.4 Å². The first-order valence-corrected chi connectivity index (χ1v) is 6.28. The maximum atomic E-state index is 12.9. The Kier molecular flexibility index (Phi) is 4.52. The molecule has 1 aromatic heterocycles. The summed E-state index contributed by atoms with van der Waals surface area (Å²) in [5.41, 5.74) is 0.558. The number of carbonyl (C=O) groups excluding carboxylic acids is 1. The van der Waals surface area contributed by atoms with Gasteiger partial charge in [0.1, 0.15) is 29.0 Å². The number of benzene rings is 1. The van der Waals surface area contributed by atoms with E-state index in [0.717, 1.165) is 0 Å². The van der Waals surface area contributed by atoms with Gasteiger partial charge in [-0.25, -0.2) is 9.18 Å². The average molecular weight is 285 g/mol. The van der Waals surface area contributed by atoms with Gasteiger partial charge < -0.3 is 9.15 Å². The topological polar surface area (TPSA) is 63.2 Å². The quantitative estimate of drug-likeness (QED) is 0.489. The fourth-order valence-corrected chi connectivity index (χ4v) is 1.69. The van der Waals surface area contributed by atoms with Crippen LogP contribution >= 0.6 is 0 Å². The highest BCUT2D eigenvalue weighted by Gasteiger charge is 2.11. The molecule has 106 valence electrons. The molecule has 0 bridgehead atoms. The molecular weight excluding hydrogens is 273 g/mol. The van der Waals surface area contributed by atoms with Crippen LogP contribution in [0.5, 0.6) is 0 Å². The van der Waals surface area contributed by atoms with Crippen LogP contribution in [0.4, 0.5) is 4.39 Å². The second kappa shape index (κ2) is 6.53. The minimum Gasteiger partial charge on any atom is -0.462 e. The lowest BCUT2D eigenvalue weighted by atomic mass is 10.2. The summed E-state index contributed by atoms with van der Waals surface area (Å²) in [6, 6.07) is 10.9. The van der Waals surface area contributed by atoms with Crippen molar-refractivity contribution in [1.29, 1.82) is 5.26 Å². The Labute approximate surface area is 121 Å². The molecule has 0 aliphatic heterocycles. The largest absolute Gasteiger partial charge is 0.462 e. The van der Waals surface area contributed by atoms with E-state index in [2.05, 4.69) is 0 Å². The van der Waals surface area contributed by atoms with Crippen molar-refractivity contribution in [3.63, 3.8) is 0 Å². The van der Waals surface area contributed by atoms with Crippen LogP contribution in [0.3, 0.4) is 0 Å². The van der Waals surface area contributed by atoms with Crippen molar-refractivity contribution in [2.24, 2.45) is 0 Å². The maximum Gasteiger partial charge on any atom is 0.349 e. The van der Waals surface area contributed by atoms with Crippen LogP contribution in [0.25, 0.3) is 17.4 Å². The summed E-state index contributed by atoms with van der Waals surface area (Å²) in [5.74, 6) is -0.166. The van der Waals surface area contributed by atoms with Crippen LogP contribution in [-0.2, 0) is 9.53 Å². The van der Waals surface area contributed by atoms with Gasteiger partial charge in [0, 0.05) is 11.6 Å². The van der Waals surface area contributed by atoms with E-state index in [1.807, 2.05) is 0 Å². The first-order chi connectivity index (χ1) is 10.1. The normalized spacial score (nSPS) is 11.0. The van der Waals surface area contributed by atoms with Gasteiger partial charge in [0.15, 0.2) is 0 Å². The van der Waals surface area contributed by atoms with Gasteiger partial charge in [-0.15, -0.1) is 0 Å². The Bertz CT molecular complexity index is 708. The SMILES string of the molecule is CCOC(=O)/C(C#N)=C/c1ccc(-c2ccc(F)cc2)o1. The Morgan fingerprint density at radius 1 is 1.33 bits per heavy atom. The van der Waals surface area contributed by atoms with Crippen LogP contribution in [-0.4, -0.2) is 12.6 Å². The molecule has 0 saturated carbocycles. The molecule has 0 aliphatic rings. The zero-order valence-electron chi connectivity index (χ0n) is 11.3. The Hall–Kier alpha value is -2.87. The monoisotopic (exact) mass is 285 g/mol. The second-order valence-corrected chi connectivity index (χ2v) is 4.10. The summed E-state index contributed by atoms with van der Waals surface area (Å²) < 4.78 is 23.1. The third kappa shape index (κ3) is 3.57. The van der Waals surface area contributed by atoms with Crippen molar-refractivity contribution < 1.29 is 18.3 Å². The molecule has 1 aromatic carbocycles. The lowest BCUT2D eigenvalue weighted by Crippen LogP contribution is -2.05. The fourth-order valence-electron chi connectivity index (χ4n) is 1.69. The number of halogens is 1. The van der Waals surface area contributed by atoms with Crippen molar-refractivity contribution in [2.75, 3.05) is 6.61 Å². The molecule has 1 heterocycles. The first kappa shape index (κ1) is 14.5. The standard InChI is InChI=1S/C16H12FNO3/c1-2-20-16(19)12(10-18)9-14-7-8-15(21-14)11-3-5-13(17)6-4-11/h3-9H,2H2,1H3/b12-9+. The van der Waals surface area contributed by atoms with E-state index in [1.54, 1.807) is 37.3 Å². The maximum absolute atomic E-state index is 12.9. The van der Waals surface area contributed by atoms with E-state index < -0.39 is 5.97 Å². The molecule has 5 heteroatoms. The second-order valence-electron chi connectivity index (χ2n) is 4.10. The molecular formula is C16H12FNO3. The van der Waals surface area contributed by atoms with Gasteiger partial charge in [0.25, 0.3) is 0 Å². The third-order valence-corrected chi connectivity index (χ3v) is 2.66. The molecule has 0 radical (unpaired) electrons. The van der Waals surface area contributed by atoms with E-state index >= 15 is 0 Å². The van der Waals surface area contributed by atoms with Gasteiger partial charge in [-0.3, -0.25) is 0 Å². The number of furan rings is 1. The van der Waals surface area contributed by atoms with Crippen molar-refractivity contribution in [1.82, 2.24) is 0 Å². The van der Waals surface area contributed by atoms with E-state index in [0.29, 0.717) is 17.1 Å². The predicted octanol–water partition coefficient (Wildman–Crippen LogP) is 3.56. The summed E-state index contributed by atoms with van der Waals surface area (Å²) in [6.07, 6.45) is 1.31. The summed E-state index contributed by atoms with van der Waals surface area (Å²) in [7, 11) is 0. The molecule has 4 nitrogen and oxygen atoms in total. The van der Waals surface area contributed by atoms with Crippen LogP contribution < -0.4 is 0 Å². The fraction of sp³-hybridized carbons (Fsp3) is 0.125. The molecule has 0 atom stereocenters. The summed E-state index contributed by atoms with van der Waals surface area (Å²) >= 11 is 0. The highest BCUT2D eigenvalue weighted by molar-refractivity contribution is 5.97. The molecule has 21 heavy (non-hydrogen) atoms. The number of hydrogen-bond acceptors (Lipinski definition) is 4. The number of carbonyl (C=O) groups is 1. The first-order valence-electron chi connectivity index (χ1n) is 6.28. The van der Waals surface area contributed by atoms with Gasteiger partial charge in [-0.05, 0) is 43.3 Å². The van der Waals surface area contributed by atoms with Crippen LogP contribution in [0.2, 0.25) is 0 Å². The van der Waals surface area contributed by atoms with E-state index in [1.165, 1.54) is 18.2 Å². The molecule has 0 aliphatic carbocycles. The van der Waals surface area contributed by atoms with E-state index in [9.17, 15) is 9.18 Å². The van der Waals surface area contributed by atoms with E-state index in [4.69, 9.17) is 14.4 Å². The average Bonchev–Trinajstić information content (AvgIpc) is 2.94. The number of esters is 1. The molecule has 0 N–H and O–H groups in total. The van der Waals surface area contributed by atoms with E-state index in [-0.39, 0.29) is 18.0 Å². The molecule has 0 amide bonds. The van der Waals surface area contributed by atoms with Gasteiger partial charge in [0.2, 0.25) is 0 Å². The molecule has 0 unspecified atom stereocenters. The number of rotatable bonds is 4. The summed E-state index contributed by atoms with van der Waals surface area (Å²) in [4.78, 5) is 11.5. The van der Waals surface area contributed by atoms with Gasteiger partial charge in [-0.1, -0.05) is 0 Å². The zero-order chi connectivity index (χ0) is 15.2. The number of ether oxygens (including phenoxy) is 1. The van der Waals surface area contributed by atoms with Crippen molar-refractivity contribution in [3.8, 4) is 17.4 Å². The number of nitriles is 1. The minimum absolute atomic E-state index is 0.142. The lowest BCUT2D eigenvalue weighted by Gasteiger charge is -1.98. The highest BCUT2D eigenvalue weighted by atomic mass is 19.1. The van der Waals surface area contributed by atoms with Gasteiger partial charge >= 0.3 is 5.97 Å². The van der Waals surface area contributed by atoms with Gasteiger partial charge in [0.05, 0.1) is 6.61 Å². The van der Waals surface area contributed by atoms with Crippen molar-refractivity contribution >= 4 is 12.0 Å².